The first-order valence-corrected chi connectivity index (χ1v) is 10.4. The second kappa shape index (κ2) is 8.94. The summed E-state index contributed by atoms with van der Waals surface area (Å²) in [5, 5.41) is 28.3. The third kappa shape index (κ3) is 4.59. The summed E-state index contributed by atoms with van der Waals surface area (Å²) >= 11 is 2.43. The minimum Gasteiger partial charge on any atom is -0.510 e. The van der Waals surface area contributed by atoms with Crippen molar-refractivity contribution in [3.05, 3.63) is 71.0 Å². The van der Waals surface area contributed by atoms with Crippen LogP contribution in [0.2, 0.25) is 0 Å². The van der Waals surface area contributed by atoms with Crippen LogP contribution in [0.5, 0.6) is 5.75 Å². The molecule has 1 N–H and O–H groups in total. The van der Waals surface area contributed by atoms with Crippen LogP contribution in [-0.2, 0) is 6.61 Å². The molecule has 0 atom stereocenters. The van der Waals surface area contributed by atoms with Gasteiger partial charge in [0.25, 0.3) is 11.1 Å². The number of aliphatic hydroxyl groups excluding tert-OH is 1. The molecule has 0 aliphatic heterocycles. The summed E-state index contributed by atoms with van der Waals surface area (Å²) in [4.78, 5) is 4.40. The van der Waals surface area contributed by atoms with E-state index in [0.717, 1.165) is 22.0 Å². The smallest absolute Gasteiger partial charge is 0.277 e. The van der Waals surface area contributed by atoms with E-state index < -0.39 is 0 Å². The molecule has 150 valence electrons. The number of rotatable bonds is 7. The minimum atomic E-state index is -0.353. The average molecular weight is 440 g/mol. The molecule has 4 aromatic rings. The SMILES string of the molecule is N#C/C(=C(/O)CSc1nnc(COc2ccc(F)cc2)o1)c1nc2ccccc2s1. The molecule has 0 aliphatic carbocycles. The molecule has 0 aliphatic rings. The standard InChI is InChI=1S/C20H13FN4O3S2/c21-12-5-7-13(8-6-12)27-10-18-24-25-20(28-18)29-11-16(26)14(9-22)19-23-15-3-1-2-4-17(15)30-19/h1-8,26H,10-11H2/b16-14-. The third-order valence-electron chi connectivity index (χ3n) is 3.86. The zero-order valence-electron chi connectivity index (χ0n) is 15.3. The number of thiazole rings is 1. The molecule has 30 heavy (non-hydrogen) atoms. The van der Waals surface area contributed by atoms with E-state index in [1.165, 1.54) is 35.6 Å². The molecular formula is C20H13FN4O3S2. The van der Waals surface area contributed by atoms with Gasteiger partial charge in [-0.2, -0.15) is 5.26 Å². The predicted molar refractivity (Wildman–Crippen MR) is 111 cm³/mol. The average Bonchev–Trinajstić information content (AvgIpc) is 3.39. The fourth-order valence-corrected chi connectivity index (χ4v) is 4.09. The lowest BCUT2D eigenvalue weighted by molar-refractivity contribution is 0.252. The zero-order valence-corrected chi connectivity index (χ0v) is 16.9. The van der Waals surface area contributed by atoms with Gasteiger partial charge in [0.15, 0.2) is 6.61 Å². The van der Waals surface area contributed by atoms with E-state index >= 15 is 0 Å². The predicted octanol–water partition coefficient (Wildman–Crippen LogP) is 4.98. The van der Waals surface area contributed by atoms with Gasteiger partial charge in [-0.25, -0.2) is 9.37 Å². The number of hydrogen-bond acceptors (Lipinski definition) is 9. The van der Waals surface area contributed by atoms with Gasteiger partial charge in [-0.05, 0) is 36.4 Å². The van der Waals surface area contributed by atoms with Gasteiger partial charge in [0.05, 0.1) is 16.0 Å². The van der Waals surface area contributed by atoms with Crippen LogP contribution >= 0.6 is 23.1 Å². The van der Waals surface area contributed by atoms with Crippen molar-refractivity contribution in [1.82, 2.24) is 15.2 Å². The summed E-state index contributed by atoms with van der Waals surface area (Å²) in [6.07, 6.45) is 0. The van der Waals surface area contributed by atoms with E-state index in [2.05, 4.69) is 15.2 Å². The lowest BCUT2D eigenvalue weighted by Gasteiger charge is -2.02. The van der Waals surface area contributed by atoms with Gasteiger partial charge >= 0.3 is 0 Å². The Kier molecular flexibility index (Phi) is 5.92. The van der Waals surface area contributed by atoms with Crippen LogP contribution in [-0.4, -0.2) is 26.0 Å². The topological polar surface area (TPSA) is 105 Å². The number of ether oxygens (including phenoxy) is 1. The van der Waals surface area contributed by atoms with Crippen molar-refractivity contribution in [2.24, 2.45) is 0 Å². The van der Waals surface area contributed by atoms with Crippen LogP contribution < -0.4 is 4.74 Å². The quantitative estimate of drug-likeness (QED) is 0.244. The maximum atomic E-state index is 12.9. The number of aliphatic hydroxyl groups is 1. The lowest BCUT2D eigenvalue weighted by atomic mass is 10.2. The van der Waals surface area contributed by atoms with Crippen LogP contribution in [0.15, 0.2) is 63.9 Å². The number of para-hydroxylation sites is 1. The number of halogens is 1. The van der Waals surface area contributed by atoms with Crippen LogP contribution in [0.4, 0.5) is 4.39 Å². The summed E-state index contributed by atoms with van der Waals surface area (Å²) in [6.45, 7) is 0.0240. The Morgan fingerprint density at radius 1 is 1.20 bits per heavy atom. The van der Waals surface area contributed by atoms with Crippen molar-refractivity contribution in [1.29, 1.82) is 5.26 Å². The highest BCUT2D eigenvalue weighted by atomic mass is 32.2. The molecule has 0 spiro atoms. The molecule has 0 amide bonds. The van der Waals surface area contributed by atoms with Crippen LogP contribution in [0, 0.1) is 17.1 Å². The van der Waals surface area contributed by atoms with Crippen molar-refractivity contribution < 1.29 is 18.7 Å². The first kappa shape index (κ1) is 19.9. The highest BCUT2D eigenvalue weighted by molar-refractivity contribution is 7.99. The van der Waals surface area contributed by atoms with Crippen molar-refractivity contribution in [3.63, 3.8) is 0 Å². The first-order chi connectivity index (χ1) is 14.6. The molecule has 2 aromatic heterocycles. The number of benzene rings is 2. The summed E-state index contributed by atoms with van der Waals surface area (Å²) in [5.41, 5.74) is 0.886. The summed E-state index contributed by atoms with van der Waals surface area (Å²) in [6, 6.07) is 15.1. The number of thioether (sulfide) groups is 1. The van der Waals surface area contributed by atoms with E-state index in [4.69, 9.17) is 9.15 Å². The van der Waals surface area contributed by atoms with Gasteiger partial charge in [-0.1, -0.05) is 23.9 Å². The Labute approximate surface area is 178 Å². The van der Waals surface area contributed by atoms with E-state index in [0.29, 0.717) is 10.8 Å². The van der Waals surface area contributed by atoms with Crippen molar-refractivity contribution in [2.45, 2.75) is 11.8 Å². The van der Waals surface area contributed by atoms with E-state index in [9.17, 15) is 14.8 Å². The fourth-order valence-electron chi connectivity index (χ4n) is 2.45. The Morgan fingerprint density at radius 2 is 2.00 bits per heavy atom. The molecule has 7 nitrogen and oxygen atoms in total. The monoisotopic (exact) mass is 440 g/mol. The lowest BCUT2D eigenvalue weighted by Crippen LogP contribution is -1.95. The van der Waals surface area contributed by atoms with Crippen molar-refractivity contribution in [2.75, 3.05) is 5.75 Å². The molecule has 0 saturated heterocycles. The van der Waals surface area contributed by atoms with Crippen molar-refractivity contribution in [3.8, 4) is 11.8 Å². The number of nitrogens with zero attached hydrogens (tertiary/aromatic N) is 4. The maximum absolute atomic E-state index is 12.9. The van der Waals surface area contributed by atoms with Gasteiger partial charge in [0, 0.05) is 0 Å². The molecule has 0 saturated carbocycles. The minimum absolute atomic E-state index is 0.0240. The van der Waals surface area contributed by atoms with Crippen molar-refractivity contribution >= 4 is 38.9 Å². The number of allylic oxidation sites excluding steroid dienone is 1. The Balaban J connectivity index is 1.39. The zero-order chi connectivity index (χ0) is 20.9. The van der Waals surface area contributed by atoms with Gasteiger partial charge < -0.3 is 14.3 Å². The summed E-state index contributed by atoms with van der Waals surface area (Å²) in [5.74, 6) is 0.299. The van der Waals surface area contributed by atoms with Gasteiger partial charge in [-0.15, -0.1) is 21.5 Å². The van der Waals surface area contributed by atoms with E-state index in [-0.39, 0.29) is 40.6 Å². The first-order valence-electron chi connectivity index (χ1n) is 8.64. The maximum Gasteiger partial charge on any atom is 0.277 e. The van der Waals surface area contributed by atoms with Gasteiger partial charge in [0.1, 0.15) is 34.0 Å². The molecule has 0 bridgehead atoms. The molecular weight excluding hydrogens is 427 g/mol. The molecule has 10 heteroatoms. The normalized spacial score (nSPS) is 11.9. The second-order valence-corrected chi connectivity index (χ2v) is 7.87. The Hall–Kier alpha value is -3.42. The fraction of sp³-hybridized carbons (Fsp3) is 0.100. The largest absolute Gasteiger partial charge is 0.510 e. The van der Waals surface area contributed by atoms with E-state index in [1.807, 2.05) is 30.3 Å². The number of nitriles is 1. The second-order valence-electron chi connectivity index (χ2n) is 5.91. The molecule has 4 rings (SSSR count). The van der Waals surface area contributed by atoms with Gasteiger partial charge in [-0.3, -0.25) is 0 Å². The number of aromatic nitrogens is 3. The highest BCUT2D eigenvalue weighted by Crippen LogP contribution is 2.29. The molecule has 0 fully saturated rings. The molecule has 0 unspecified atom stereocenters. The Morgan fingerprint density at radius 3 is 2.77 bits per heavy atom. The molecule has 2 aromatic carbocycles. The van der Waals surface area contributed by atoms with Crippen LogP contribution in [0.3, 0.4) is 0 Å². The number of fused-ring (bicyclic) bond motifs is 1. The van der Waals surface area contributed by atoms with Gasteiger partial charge in [0.2, 0.25) is 0 Å². The van der Waals surface area contributed by atoms with E-state index in [1.54, 1.807) is 0 Å². The Bertz CT molecular complexity index is 1210. The molecule has 2 heterocycles. The summed E-state index contributed by atoms with van der Waals surface area (Å²) < 4.78 is 24.7. The summed E-state index contributed by atoms with van der Waals surface area (Å²) in [7, 11) is 0. The molecule has 0 radical (unpaired) electrons. The highest BCUT2D eigenvalue weighted by Gasteiger charge is 2.15. The van der Waals surface area contributed by atoms with Crippen LogP contribution in [0.25, 0.3) is 15.8 Å². The van der Waals surface area contributed by atoms with Crippen LogP contribution in [0.1, 0.15) is 10.9 Å². The number of hydrogen-bond donors (Lipinski definition) is 1. The third-order valence-corrected chi connectivity index (χ3v) is 5.75.